The number of carbonyl (C=O) groups excluding carboxylic acids is 1. The molecule has 0 spiro atoms. The van der Waals surface area contributed by atoms with Gasteiger partial charge < -0.3 is 15.0 Å². The maximum Gasteiger partial charge on any atom is 0.407 e. The van der Waals surface area contributed by atoms with Crippen molar-refractivity contribution in [3.05, 3.63) is 0 Å². The first-order valence-corrected chi connectivity index (χ1v) is 6.90. The second-order valence-electron chi connectivity index (χ2n) is 6.53. The zero-order chi connectivity index (χ0) is 13.9. The monoisotopic (exact) mass is 256 g/mol. The molecule has 3 atom stereocenters. The molecule has 4 nitrogen and oxygen atoms in total. The predicted molar refractivity (Wildman–Crippen MR) is 73.7 cm³/mol. The average molecular weight is 256 g/mol. The van der Waals surface area contributed by atoms with Gasteiger partial charge in [-0.1, -0.05) is 0 Å². The minimum Gasteiger partial charge on any atom is -0.444 e. The summed E-state index contributed by atoms with van der Waals surface area (Å²) in [7, 11) is 2.17. The molecule has 4 heteroatoms. The van der Waals surface area contributed by atoms with Gasteiger partial charge in [0.05, 0.1) is 0 Å². The van der Waals surface area contributed by atoms with Gasteiger partial charge in [0.25, 0.3) is 0 Å². The lowest BCUT2D eigenvalue weighted by molar-refractivity contribution is 0.0500. The van der Waals surface area contributed by atoms with Crippen LogP contribution in [-0.2, 0) is 4.74 Å². The fourth-order valence-electron chi connectivity index (χ4n) is 2.46. The molecule has 18 heavy (non-hydrogen) atoms. The quantitative estimate of drug-likeness (QED) is 0.844. The fraction of sp³-hybridized carbons (Fsp3) is 0.929. The van der Waals surface area contributed by atoms with Crippen molar-refractivity contribution in [2.45, 2.75) is 77.6 Å². The van der Waals surface area contributed by atoms with Crippen LogP contribution in [0.2, 0.25) is 0 Å². The SMILES string of the molecule is CC(CC1CCC(C)N1C)NC(=O)OC(C)(C)C. The summed E-state index contributed by atoms with van der Waals surface area (Å²) in [4.78, 5) is 14.1. The van der Waals surface area contributed by atoms with Gasteiger partial charge in [-0.3, -0.25) is 0 Å². The molecule has 0 aromatic rings. The third kappa shape index (κ3) is 4.84. The average Bonchev–Trinajstić information content (AvgIpc) is 2.46. The van der Waals surface area contributed by atoms with Gasteiger partial charge >= 0.3 is 6.09 Å². The van der Waals surface area contributed by atoms with E-state index in [1.807, 2.05) is 27.7 Å². The first-order valence-electron chi connectivity index (χ1n) is 6.90. The standard InChI is InChI=1S/C14H28N2O2/c1-10(15-13(17)18-14(3,4)5)9-12-8-7-11(2)16(12)6/h10-12H,7-9H2,1-6H3,(H,15,17). The van der Waals surface area contributed by atoms with Crippen molar-refractivity contribution < 1.29 is 9.53 Å². The van der Waals surface area contributed by atoms with E-state index in [1.165, 1.54) is 12.8 Å². The first kappa shape index (κ1) is 15.3. The summed E-state index contributed by atoms with van der Waals surface area (Å²) < 4.78 is 5.26. The van der Waals surface area contributed by atoms with E-state index >= 15 is 0 Å². The predicted octanol–water partition coefficient (Wildman–Crippen LogP) is 2.77. The summed E-state index contributed by atoms with van der Waals surface area (Å²) in [6.45, 7) is 9.93. The van der Waals surface area contributed by atoms with E-state index in [2.05, 4.69) is 24.2 Å². The molecule has 1 heterocycles. The maximum atomic E-state index is 11.6. The van der Waals surface area contributed by atoms with Crippen molar-refractivity contribution in [1.82, 2.24) is 10.2 Å². The Morgan fingerprint density at radius 1 is 1.44 bits per heavy atom. The highest BCUT2D eigenvalue weighted by atomic mass is 16.6. The van der Waals surface area contributed by atoms with E-state index < -0.39 is 5.60 Å². The number of nitrogens with zero attached hydrogens (tertiary/aromatic N) is 1. The van der Waals surface area contributed by atoms with Gasteiger partial charge in [0.2, 0.25) is 0 Å². The van der Waals surface area contributed by atoms with Crippen molar-refractivity contribution in [2.75, 3.05) is 7.05 Å². The van der Waals surface area contributed by atoms with Gasteiger partial charge in [-0.25, -0.2) is 4.79 Å². The van der Waals surface area contributed by atoms with Crippen LogP contribution in [0.25, 0.3) is 0 Å². The van der Waals surface area contributed by atoms with Crippen LogP contribution in [0.1, 0.15) is 53.9 Å². The molecule has 0 aliphatic carbocycles. The molecule has 0 radical (unpaired) electrons. The zero-order valence-corrected chi connectivity index (χ0v) is 12.6. The molecule has 1 aliphatic heterocycles. The normalized spacial score (nSPS) is 27.0. The zero-order valence-electron chi connectivity index (χ0n) is 12.6. The summed E-state index contributed by atoms with van der Waals surface area (Å²) in [5.41, 5.74) is -0.428. The molecule has 3 unspecified atom stereocenters. The Hall–Kier alpha value is -0.770. The molecule has 0 saturated carbocycles. The van der Waals surface area contributed by atoms with Crippen molar-refractivity contribution in [1.29, 1.82) is 0 Å². The van der Waals surface area contributed by atoms with Crippen LogP contribution in [0.5, 0.6) is 0 Å². The number of ether oxygens (including phenoxy) is 1. The van der Waals surface area contributed by atoms with Crippen LogP contribution in [0.3, 0.4) is 0 Å². The van der Waals surface area contributed by atoms with Crippen LogP contribution < -0.4 is 5.32 Å². The summed E-state index contributed by atoms with van der Waals surface area (Å²) in [5.74, 6) is 0. The molecule has 1 fully saturated rings. The summed E-state index contributed by atoms with van der Waals surface area (Å²) in [6, 6.07) is 1.38. The first-order chi connectivity index (χ1) is 8.19. The van der Waals surface area contributed by atoms with E-state index in [1.54, 1.807) is 0 Å². The lowest BCUT2D eigenvalue weighted by Crippen LogP contribution is -2.41. The number of nitrogens with one attached hydrogen (secondary N) is 1. The molecule has 106 valence electrons. The van der Waals surface area contributed by atoms with Crippen LogP contribution in [0, 0.1) is 0 Å². The lowest BCUT2D eigenvalue weighted by atomic mass is 10.1. The van der Waals surface area contributed by atoms with Crippen LogP contribution in [0.4, 0.5) is 4.79 Å². The Kier molecular flexibility index (Phi) is 5.02. The molecule has 1 aliphatic rings. The van der Waals surface area contributed by atoms with Crippen molar-refractivity contribution in [2.24, 2.45) is 0 Å². The Morgan fingerprint density at radius 2 is 2.06 bits per heavy atom. The third-order valence-corrected chi connectivity index (χ3v) is 3.58. The topological polar surface area (TPSA) is 41.6 Å². The summed E-state index contributed by atoms with van der Waals surface area (Å²) in [5, 5.41) is 2.91. The van der Waals surface area contributed by atoms with E-state index in [0.717, 1.165) is 6.42 Å². The second-order valence-corrected chi connectivity index (χ2v) is 6.53. The van der Waals surface area contributed by atoms with Gasteiger partial charge in [-0.15, -0.1) is 0 Å². The van der Waals surface area contributed by atoms with Gasteiger partial charge in [0.15, 0.2) is 0 Å². The highest BCUT2D eigenvalue weighted by Gasteiger charge is 2.29. The van der Waals surface area contributed by atoms with Crippen molar-refractivity contribution in [3.8, 4) is 0 Å². The molecule has 0 aromatic heterocycles. The minimum absolute atomic E-state index is 0.151. The molecule has 1 saturated heterocycles. The fourth-order valence-corrected chi connectivity index (χ4v) is 2.46. The number of hydrogen-bond donors (Lipinski definition) is 1. The highest BCUT2D eigenvalue weighted by molar-refractivity contribution is 5.68. The Morgan fingerprint density at radius 3 is 2.50 bits per heavy atom. The van der Waals surface area contributed by atoms with Crippen LogP contribution in [0.15, 0.2) is 0 Å². The molecule has 1 rings (SSSR count). The molecule has 1 N–H and O–H groups in total. The van der Waals surface area contributed by atoms with Crippen molar-refractivity contribution in [3.63, 3.8) is 0 Å². The molecule has 0 aromatic carbocycles. The summed E-state index contributed by atoms with van der Waals surface area (Å²) >= 11 is 0. The Balaban J connectivity index is 2.33. The van der Waals surface area contributed by atoms with Gasteiger partial charge in [0.1, 0.15) is 5.60 Å². The molecule has 0 bridgehead atoms. The number of rotatable bonds is 3. The summed E-state index contributed by atoms with van der Waals surface area (Å²) in [6.07, 6.45) is 3.14. The lowest BCUT2D eigenvalue weighted by Gasteiger charge is -2.27. The number of carbonyl (C=O) groups is 1. The van der Waals surface area contributed by atoms with E-state index in [9.17, 15) is 4.79 Å². The Labute approximate surface area is 111 Å². The van der Waals surface area contributed by atoms with Crippen molar-refractivity contribution >= 4 is 6.09 Å². The third-order valence-electron chi connectivity index (χ3n) is 3.58. The molecular formula is C14H28N2O2. The largest absolute Gasteiger partial charge is 0.444 e. The molecular weight excluding hydrogens is 228 g/mol. The number of hydrogen-bond acceptors (Lipinski definition) is 3. The second kappa shape index (κ2) is 5.91. The van der Waals surface area contributed by atoms with E-state index in [0.29, 0.717) is 12.1 Å². The van der Waals surface area contributed by atoms with Crippen LogP contribution in [-0.4, -0.2) is 41.8 Å². The minimum atomic E-state index is -0.428. The smallest absolute Gasteiger partial charge is 0.407 e. The van der Waals surface area contributed by atoms with E-state index in [4.69, 9.17) is 4.74 Å². The maximum absolute atomic E-state index is 11.6. The number of amides is 1. The highest BCUT2D eigenvalue weighted by Crippen LogP contribution is 2.24. The van der Waals surface area contributed by atoms with E-state index in [-0.39, 0.29) is 12.1 Å². The van der Waals surface area contributed by atoms with Gasteiger partial charge in [0, 0.05) is 18.1 Å². The Bertz CT molecular complexity index is 286. The van der Waals surface area contributed by atoms with Gasteiger partial charge in [-0.2, -0.15) is 0 Å². The molecule has 1 amide bonds. The number of likely N-dealkylation sites (tertiary alicyclic amines) is 1. The van der Waals surface area contributed by atoms with Crippen LogP contribution >= 0.6 is 0 Å². The number of alkyl carbamates (subject to hydrolysis) is 1. The van der Waals surface area contributed by atoms with Gasteiger partial charge in [-0.05, 0) is 60.9 Å².